The summed E-state index contributed by atoms with van der Waals surface area (Å²) in [6.45, 7) is 3.06. The van der Waals surface area contributed by atoms with Gasteiger partial charge in [0, 0.05) is 18.9 Å². The topological polar surface area (TPSA) is 29.1 Å². The second-order valence-electron chi connectivity index (χ2n) is 6.44. The lowest BCUT2D eigenvalue weighted by atomic mass is 9.88. The van der Waals surface area contributed by atoms with Gasteiger partial charge in [-0.25, -0.2) is 0 Å². The van der Waals surface area contributed by atoms with E-state index in [1.54, 1.807) is 0 Å². The molecule has 2 aliphatic rings. The number of amides is 1. The number of hydrogen-bond acceptors (Lipinski definition) is 1. The molecule has 3 rings (SSSR count). The third-order valence-electron chi connectivity index (χ3n) is 5.04. The van der Waals surface area contributed by atoms with Crippen LogP contribution in [0.4, 0.5) is 0 Å². The Labute approximate surface area is 122 Å². The fraction of sp³-hybridized carbons (Fsp3) is 0.611. The molecule has 1 aliphatic carbocycles. The molecule has 0 aromatic heterocycles. The first-order valence-electron chi connectivity index (χ1n) is 8.14. The molecular weight excluding hydrogens is 246 g/mol. The molecule has 108 valence electrons. The molecule has 0 bridgehead atoms. The van der Waals surface area contributed by atoms with E-state index in [1.165, 1.54) is 48.8 Å². The van der Waals surface area contributed by atoms with Gasteiger partial charge < -0.3 is 5.32 Å². The van der Waals surface area contributed by atoms with Crippen LogP contribution in [0.5, 0.6) is 0 Å². The van der Waals surface area contributed by atoms with Gasteiger partial charge >= 0.3 is 0 Å². The quantitative estimate of drug-likeness (QED) is 0.891. The van der Waals surface area contributed by atoms with Crippen molar-refractivity contribution in [2.75, 3.05) is 6.54 Å². The van der Waals surface area contributed by atoms with Crippen LogP contribution in [0, 0.1) is 5.92 Å². The summed E-state index contributed by atoms with van der Waals surface area (Å²) in [5, 5.41) is 2.95. The molecule has 20 heavy (non-hydrogen) atoms. The maximum Gasteiger partial charge on any atom is 0.220 e. The molecule has 1 saturated carbocycles. The third-order valence-corrected chi connectivity index (χ3v) is 5.04. The Hall–Kier alpha value is -1.31. The van der Waals surface area contributed by atoms with Crippen LogP contribution < -0.4 is 5.32 Å². The van der Waals surface area contributed by atoms with E-state index in [2.05, 4.69) is 30.4 Å². The third kappa shape index (κ3) is 2.89. The molecule has 2 fully saturated rings. The van der Waals surface area contributed by atoms with Crippen molar-refractivity contribution in [1.29, 1.82) is 0 Å². The fourth-order valence-electron chi connectivity index (χ4n) is 3.80. The Morgan fingerprint density at radius 3 is 2.65 bits per heavy atom. The van der Waals surface area contributed by atoms with Crippen LogP contribution in [0.25, 0.3) is 0 Å². The number of nitrogens with one attached hydrogen (secondary N) is 1. The molecule has 1 N–H and O–H groups in total. The van der Waals surface area contributed by atoms with Crippen LogP contribution in [0.1, 0.15) is 61.6 Å². The zero-order valence-corrected chi connectivity index (χ0v) is 12.5. The van der Waals surface area contributed by atoms with E-state index >= 15 is 0 Å². The van der Waals surface area contributed by atoms with E-state index < -0.39 is 0 Å². The van der Waals surface area contributed by atoms with Crippen molar-refractivity contribution in [3.05, 3.63) is 34.9 Å². The summed E-state index contributed by atoms with van der Waals surface area (Å²) in [6, 6.07) is 6.92. The molecule has 1 amide bonds. The van der Waals surface area contributed by atoms with Gasteiger partial charge in [-0.05, 0) is 35.4 Å². The average molecular weight is 271 g/mol. The Morgan fingerprint density at radius 1 is 1.20 bits per heavy atom. The number of carbonyl (C=O) groups is 1. The molecule has 2 heteroatoms. The molecule has 1 unspecified atom stereocenters. The van der Waals surface area contributed by atoms with Crippen molar-refractivity contribution in [1.82, 2.24) is 5.32 Å². The van der Waals surface area contributed by atoms with Crippen LogP contribution in [-0.2, 0) is 17.6 Å². The zero-order valence-electron chi connectivity index (χ0n) is 12.5. The predicted molar refractivity (Wildman–Crippen MR) is 81.8 cm³/mol. The Morgan fingerprint density at radius 2 is 2.00 bits per heavy atom. The van der Waals surface area contributed by atoms with Gasteiger partial charge in [0.2, 0.25) is 5.91 Å². The number of carbonyl (C=O) groups excluding carboxylic acids is 1. The van der Waals surface area contributed by atoms with Crippen molar-refractivity contribution in [3.8, 4) is 0 Å². The molecule has 0 radical (unpaired) electrons. The Balaban J connectivity index is 1.80. The van der Waals surface area contributed by atoms with Crippen molar-refractivity contribution < 1.29 is 4.79 Å². The summed E-state index contributed by atoms with van der Waals surface area (Å²) in [5.41, 5.74) is 4.39. The predicted octanol–water partition coefficient (Wildman–Crippen LogP) is 3.59. The standard InChI is InChI=1S/C18H25NO/c1-2-14-7-8-15(17-11-18(20)19-12-17)10-16(14)9-13-5-3-4-6-13/h7-8,10,13,17H,2-6,9,11-12H2,1H3,(H,19,20). The van der Waals surface area contributed by atoms with Crippen molar-refractivity contribution in [2.45, 2.75) is 57.8 Å². The number of aryl methyl sites for hydroxylation is 1. The second-order valence-corrected chi connectivity index (χ2v) is 6.44. The monoisotopic (exact) mass is 271 g/mol. The molecule has 1 aliphatic heterocycles. The fourth-order valence-corrected chi connectivity index (χ4v) is 3.80. The van der Waals surface area contributed by atoms with Crippen LogP contribution in [0.15, 0.2) is 18.2 Å². The average Bonchev–Trinajstić information content (AvgIpc) is 3.10. The van der Waals surface area contributed by atoms with Gasteiger partial charge in [0.15, 0.2) is 0 Å². The molecule has 1 aromatic rings. The highest BCUT2D eigenvalue weighted by Crippen LogP contribution is 2.31. The first-order chi connectivity index (χ1) is 9.76. The minimum atomic E-state index is 0.201. The summed E-state index contributed by atoms with van der Waals surface area (Å²) in [5.74, 6) is 1.47. The largest absolute Gasteiger partial charge is 0.355 e. The van der Waals surface area contributed by atoms with Gasteiger partial charge in [-0.1, -0.05) is 50.8 Å². The van der Waals surface area contributed by atoms with Gasteiger partial charge in [-0.15, -0.1) is 0 Å². The van der Waals surface area contributed by atoms with Crippen molar-refractivity contribution in [3.63, 3.8) is 0 Å². The van der Waals surface area contributed by atoms with Gasteiger partial charge in [-0.3, -0.25) is 4.79 Å². The molecule has 0 spiro atoms. The highest BCUT2D eigenvalue weighted by molar-refractivity contribution is 5.79. The molecule has 1 saturated heterocycles. The maximum absolute atomic E-state index is 11.4. The maximum atomic E-state index is 11.4. The van der Waals surface area contributed by atoms with E-state index in [-0.39, 0.29) is 5.91 Å². The second kappa shape index (κ2) is 5.99. The van der Waals surface area contributed by atoms with E-state index in [1.807, 2.05) is 0 Å². The first kappa shape index (κ1) is 13.7. The van der Waals surface area contributed by atoms with Gasteiger partial charge in [0.1, 0.15) is 0 Å². The number of rotatable bonds is 4. The smallest absolute Gasteiger partial charge is 0.220 e. The highest BCUT2D eigenvalue weighted by Gasteiger charge is 2.24. The minimum absolute atomic E-state index is 0.201. The van der Waals surface area contributed by atoms with E-state index in [4.69, 9.17) is 0 Å². The summed E-state index contributed by atoms with van der Waals surface area (Å²) in [6.07, 6.45) is 8.64. The van der Waals surface area contributed by atoms with Gasteiger partial charge in [0.25, 0.3) is 0 Å². The summed E-state index contributed by atoms with van der Waals surface area (Å²) in [7, 11) is 0. The molecule has 1 heterocycles. The number of benzene rings is 1. The lowest BCUT2D eigenvalue weighted by Crippen LogP contribution is -2.13. The van der Waals surface area contributed by atoms with Crippen molar-refractivity contribution >= 4 is 5.91 Å². The highest BCUT2D eigenvalue weighted by atomic mass is 16.1. The Kier molecular flexibility index (Phi) is 4.09. The molecular formula is C18H25NO. The van der Waals surface area contributed by atoms with Crippen molar-refractivity contribution in [2.24, 2.45) is 5.92 Å². The van der Waals surface area contributed by atoms with E-state index in [0.29, 0.717) is 12.3 Å². The molecule has 1 atom stereocenters. The van der Waals surface area contributed by atoms with Gasteiger partial charge in [0.05, 0.1) is 0 Å². The van der Waals surface area contributed by atoms with Crippen LogP contribution in [0.3, 0.4) is 0 Å². The molecule has 2 nitrogen and oxygen atoms in total. The Bertz CT molecular complexity index is 488. The van der Waals surface area contributed by atoms with E-state index in [0.717, 1.165) is 18.9 Å². The van der Waals surface area contributed by atoms with Crippen LogP contribution in [0.2, 0.25) is 0 Å². The van der Waals surface area contributed by atoms with E-state index in [9.17, 15) is 4.79 Å². The van der Waals surface area contributed by atoms with Crippen LogP contribution >= 0.6 is 0 Å². The first-order valence-corrected chi connectivity index (χ1v) is 8.14. The van der Waals surface area contributed by atoms with Crippen LogP contribution in [-0.4, -0.2) is 12.5 Å². The zero-order chi connectivity index (χ0) is 13.9. The minimum Gasteiger partial charge on any atom is -0.355 e. The lowest BCUT2D eigenvalue weighted by Gasteiger charge is -2.16. The summed E-state index contributed by atoms with van der Waals surface area (Å²) in [4.78, 5) is 11.4. The summed E-state index contributed by atoms with van der Waals surface area (Å²) < 4.78 is 0. The van der Waals surface area contributed by atoms with Gasteiger partial charge in [-0.2, -0.15) is 0 Å². The normalized spacial score (nSPS) is 23.2. The molecule has 1 aromatic carbocycles. The lowest BCUT2D eigenvalue weighted by molar-refractivity contribution is -0.119. The number of hydrogen-bond donors (Lipinski definition) is 1. The summed E-state index contributed by atoms with van der Waals surface area (Å²) >= 11 is 0. The SMILES string of the molecule is CCc1ccc(C2CNC(=O)C2)cc1CC1CCCC1.